The van der Waals surface area contributed by atoms with Crippen molar-refractivity contribution in [3.05, 3.63) is 89.5 Å². The highest BCUT2D eigenvalue weighted by atomic mass is 16.5. The minimum atomic E-state index is -0.907. The van der Waals surface area contributed by atoms with Gasteiger partial charge in [-0.1, -0.05) is 60.7 Å². The average Bonchev–Trinajstić information content (AvgIpc) is 3.16. The number of ether oxygens (including phenoxy) is 1. The molecule has 4 rings (SSSR count). The molecule has 3 N–H and O–H groups in total. The van der Waals surface area contributed by atoms with Crippen molar-refractivity contribution < 1.29 is 24.2 Å². The van der Waals surface area contributed by atoms with Gasteiger partial charge in [0.15, 0.2) is 0 Å². The molecule has 0 aliphatic heterocycles. The standard InChI is InChI=1S/C28H28N2O5/c1-17(15-26(31)30-20-13-11-19(12-14-20)18(2)27(32)33)29-28(34)35-16-25-23-9-5-3-7-21(23)22-8-4-6-10-24(22)25/h3-14,17-18,25H,15-16H2,1-2H3,(H,29,34)(H,30,31)(H,32,33). The molecule has 0 radical (unpaired) electrons. The fourth-order valence-electron chi connectivity index (χ4n) is 4.38. The van der Waals surface area contributed by atoms with Gasteiger partial charge in [0.2, 0.25) is 5.91 Å². The van der Waals surface area contributed by atoms with Gasteiger partial charge in [-0.05, 0) is 53.8 Å². The van der Waals surface area contributed by atoms with Crippen LogP contribution in [0, 0.1) is 0 Å². The molecule has 0 spiro atoms. The Hall–Kier alpha value is -4.13. The van der Waals surface area contributed by atoms with Crippen LogP contribution in [-0.4, -0.2) is 35.7 Å². The van der Waals surface area contributed by atoms with E-state index < -0.39 is 24.0 Å². The third-order valence-corrected chi connectivity index (χ3v) is 6.26. The Kier molecular flexibility index (Phi) is 7.15. The molecule has 180 valence electrons. The Bertz CT molecular complexity index is 1190. The number of carboxylic acids is 1. The Morgan fingerprint density at radius 1 is 0.886 bits per heavy atom. The van der Waals surface area contributed by atoms with E-state index in [0.717, 1.165) is 22.3 Å². The third kappa shape index (κ3) is 5.51. The largest absolute Gasteiger partial charge is 0.481 e. The van der Waals surface area contributed by atoms with Crippen molar-refractivity contribution >= 4 is 23.7 Å². The second-order valence-corrected chi connectivity index (χ2v) is 8.81. The number of hydrogen-bond acceptors (Lipinski definition) is 4. The molecule has 2 atom stereocenters. The normalized spacial score (nSPS) is 13.8. The maximum atomic E-state index is 12.4. The van der Waals surface area contributed by atoms with E-state index in [0.29, 0.717) is 11.3 Å². The van der Waals surface area contributed by atoms with Crippen molar-refractivity contribution in [2.45, 2.75) is 38.1 Å². The molecule has 0 aromatic heterocycles. The van der Waals surface area contributed by atoms with Gasteiger partial charge >= 0.3 is 12.1 Å². The quantitative estimate of drug-likeness (QED) is 0.422. The molecule has 0 bridgehead atoms. The number of carboxylic acid groups (broad SMARTS) is 1. The first-order valence-electron chi connectivity index (χ1n) is 11.6. The fourth-order valence-corrected chi connectivity index (χ4v) is 4.38. The maximum Gasteiger partial charge on any atom is 0.407 e. The predicted octanol–water partition coefficient (Wildman–Crippen LogP) is 5.13. The van der Waals surface area contributed by atoms with Gasteiger partial charge in [-0.3, -0.25) is 9.59 Å². The highest BCUT2D eigenvalue weighted by Gasteiger charge is 2.29. The number of anilines is 1. The van der Waals surface area contributed by atoms with Crippen LogP contribution in [0.1, 0.15) is 48.8 Å². The second kappa shape index (κ2) is 10.4. The number of alkyl carbamates (subject to hydrolysis) is 1. The molecule has 7 heteroatoms. The molecule has 35 heavy (non-hydrogen) atoms. The number of carbonyl (C=O) groups excluding carboxylic acids is 2. The number of carbonyl (C=O) groups is 3. The van der Waals surface area contributed by atoms with Crippen LogP contribution >= 0.6 is 0 Å². The molecule has 3 aromatic rings. The second-order valence-electron chi connectivity index (χ2n) is 8.81. The van der Waals surface area contributed by atoms with Crippen LogP contribution in [-0.2, 0) is 14.3 Å². The minimum absolute atomic E-state index is 0.0291. The SMILES string of the molecule is CC(CC(=O)Nc1ccc(C(C)C(=O)O)cc1)NC(=O)OCC1c2ccccc2-c2ccccc21. The highest BCUT2D eigenvalue weighted by molar-refractivity contribution is 5.91. The monoisotopic (exact) mass is 472 g/mol. The van der Waals surface area contributed by atoms with Crippen molar-refractivity contribution in [2.75, 3.05) is 11.9 Å². The summed E-state index contributed by atoms with van der Waals surface area (Å²) in [6, 6.07) is 22.5. The number of rotatable bonds is 8. The average molecular weight is 473 g/mol. The predicted molar refractivity (Wildman–Crippen MR) is 133 cm³/mol. The first kappa shape index (κ1) is 24.0. The number of fused-ring (bicyclic) bond motifs is 3. The zero-order valence-electron chi connectivity index (χ0n) is 19.7. The summed E-state index contributed by atoms with van der Waals surface area (Å²) in [6.45, 7) is 3.55. The lowest BCUT2D eigenvalue weighted by molar-refractivity contribution is -0.138. The number of aliphatic carboxylic acids is 1. The summed E-state index contributed by atoms with van der Waals surface area (Å²) in [5.41, 5.74) is 5.81. The van der Waals surface area contributed by atoms with Gasteiger partial charge in [0, 0.05) is 24.1 Å². The first-order chi connectivity index (χ1) is 16.8. The van der Waals surface area contributed by atoms with Crippen LogP contribution in [0.3, 0.4) is 0 Å². The van der Waals surface area contributed by atoms with E-state index in [-0.39, 0.29) is 24.9 Å². The summed E-state index contributed by atoms with van der Waals surface area (Å²) in [6.07, 6.45) is -0.503. The summed E-state index contributed by atoms with van der Waals surface area (Å²) in [5.74, 6) is -1.83. The van der Waals surface area contributed by atoms with E-state index in [2.05, 4.69) is 34.9 Å². The summed E-state index contributed by atoms with van der Waals surface area (Å²) >= 11 is 0. The maximum absolute atomic E-state index is 12.4. The van der Waals surface area contributed by atoms with Crippen molar-refractivity contribution in [3.8, 4) is 11.1 Å². The Balaban J connectivity index is 1.27. The topological polar surface area (TPSA) is 105 Å². The molecule has 0 saturated heterocycles. The number of hydrogen-bond donors (Lipinski definition) is 3. The molecule has 0 saturated carbocycles. The molecule has 7 nitrogen and oxygen atoms in total. The van der Waals surface area contributed by atoms with Gasteiger partial charge in [-0.2, -0.15) is 0 Å². The van der Waals surface area contributed by atoms with Crippen LogP contribution in [0.5, 0.6) is 0 Å². The molecule has 1 aliphatic rings. The minimum Gasteiger partial charge on any atom is -0.481 e. The summed E-state index contributed by atoms with van der Waals surface area (Å²) in [4.78, 5) is 35.9. The highest BCUT2D eigenvalue weighted by Crippen LogP contribution is 2.44. The van der Waals surface area contributed by atoms with E-state index in [1.54, 1.807) is 38.1 Å². The molecule has 0 fully saturated rings. The zero-order chi connectivity index (χ0) is 24.9. The lowest BCUT2D eigenvalue weighted by Crippen LogP contribution is -2.36. The molecule has 1 aliphatic carbocycles. The van der Waals surface area contributed by atoms with E-state index >= 15 is 0 Å². The van der Waals surface area contributed by atoms with Gasteiger partial charge in [-0.25, -0.2) is 4.79 Å². The van der Waals surface area contributed by atoms with E-state index in [1.165, 1.54) is 0 Å². The van der Waals surface area contributed by atoms with Crippen molar-refractivity contribution in [1.82, 2.24) is 5.32 Å². The Labute approximate surface area is 204 Å². The molecular formula is C28H28N2O5. The van der Waals surface area contributed by atoms with Gasteiger partial charge in [0.25, 0.3) is 0 Å². The van der Waals surface area contributed by atoms with Crippen molar-refractivity contribution in [2.24, 2.45) is 0 Å². The van der Waals surface area contributed by atoms with E-state index in [1.807, 2.05) is 24.3 Å². The Morgan fingerprint density at radius 2 is 1.46 bits per heavy atom. The number of nitrogens with one attached hydrogen (secondary N) is 2. The van der Waals surface area contributed by atoms with Crippen LogP contribution in [0.2, 0.25) is 0 Å². The van der Waals surface area contributed by atoms with Gasteiger partial charge in [0.1, 0.15) is 6.61 Å². The molecule has 0 heterocycles. The molecule has 2 amide bonds. The van der Waals surface area contributed by atoms with Gasteiger partial charge < -0.3 is 20.5 Å². The van der Waals surface area contributed by atoms with Crippen molar-refractivity contribution in [1.29, 1.82) is 0 Å². The first-order valence-corrected chi connectivity index (χ1v) is 11.6. The number of amides is 2. The number of benzene rings is 3. The summed E-state index contributed by atoms with van der Waals surface area (Å²) in [5, 5.41) is 14.6. The van der Waals surface area contributed by atoms with Gasteiger partial charge in [-0.15, -0.1) is 0 Å². The van der Waals surface area contributed by atoms with Crippen LogP contribution in [0.15, 0.2) is 72.8 Å². The van der Waals surface area contributed by atoms with Crippen LogP contribution in [0.4, 0.5) is 10.5 Å². The van der Waals surface area contributed by atoms with Crippen LogP contribution < -0.4 is 10.6 Å². The van der Waals surface area contributed by atoms with E-state index in [4.69, 9.17) is 9.84 Å². The molecular weight excluding hydrogens is 444 g/mol. The smallest absolute Gasteiger partial charge is 0.407 e. The van der Waals surface area contributed by atoms with Crippen LogP contribution in [0.25, 0.3) is 11.1 Å². The molecule has 3 aromatic carbocycles. The summed E-state index contributed by atoms with van der Waals surface area (Å²) in [7, 11) is 0. The molecule has 2 unspecified atom stereocenters. The van der Waals surface area contributed by atoms with Gasteiger partial charge in [0.05, 0.1) is 5.92 Å². The fraction of sp³-hybridized carbons (Fsp3) is 0.250. The zero-order valence-corrected chi connectivity index (χ0v) is 19.7. The summed E-state index contributed by atoms with van der Waals surface area (Å²) < 4.78 is 5.54. The Morgan fingerprint density at radius 3 is 2.03 bits per heavy atom. The lowest BCUT2D eigenvalue weighted by atomic mass is 9.98. The third-order valence-electron chi connectivity index (χ3n) is 6.26. The lowest BCUT2D eigenvalue weighted by Gasteiger charge is -2.17. The van der Waals surface area contributed by atoms with Crippen molar-refractivity contribution in [3.63, 3.8) is 0 Å². The van der Waals surface area contributed by atoms with E-state index in [9.17, 15) is 14.4 Å².